The fourth-order valence-corrected chi connectivity index (χ4v) is 3.19. The monoisotopic (exact) mass is 354 g/mol. The number of aromatic nitrogens is 2. The van der Waals surface area contributed by atoms with Gasteiger partial charge < -0.3 is 4.74 Å². The first-order valence-electron chi connectivity index (χ1n) is 7.89. The van der Waals surface area contributed by atoms with Crippen LogP contribution in [0.25, 0.3) is 5.65 Å². The summed E-state index contributed by atoms with van der Waals surface area (Å²) < 4.78 is 6.72. The van der Waals surface area contributed by atoms with Crippen LogP contribution in [0.15, 0.2) is 59.5 Å². The van der Waals surface area contributed by atoms with E-state index in [4.69, 9.17) is 4.74 Å². The summed E-state index contributed by atoms with van der Waals surface area (Å²) in [7, 11) is 0. The molecule has 0 unspecified atom stereocenters. The maximum absolute atomic E-state index is 12.1. The fraction of sp³-hybridized carbons (Fsp3) is 0.211. The van der Waals surface area contributed by atoms with Crippen molar-refractivity contribution in [3.05, 3.63) is 81.9 Å². The van der Waals surface area contributed by atoms with Crippen molar-refractivity contribution >= 4 is 23.4 Å². The summed E-state index contributed by atoms with van der Waals surface area (Å²) in [6.45, 7) is 1.89. The third-order valence-corrected chi connectivity index (χ3v) is 4.63. The molecule has 0 aliphatic carbocycles. The molecular formula is C19H18N2O3S. The maximum Gasteiger partial charge on any atom is 0.316 e. The molecule has 0 bridgehead atoms. The Bertz CT molecular complexity index is 938. The molecule has 0 aliphatic heterocycles. The minimum absolute atomic E-state index is 0.00477. The lowest BCUT2D eigenvalue weighted by Gasteiger charge is -2.07. The van der Waals surface area contributed by atoms with E-state index in [0.29, 0.717) is 11.3 Å². The zero-order valence-electron chi connectivity index (χ0n) is 13.8. The van der Waals surface area contributed by atoms with Crippen LogP contribution in [0.3, 0.4) is 0 Å². The quantitative estimate of drug-likeness (QED) is 0.637. The number of hydrogen-bond acceptors (Lipinski definition) is 5. The minimum atomic E-state index is -0.312. The Hall–Kier alpha value is -2.60. The van der Waals surface area contributed by atoms with Gasteiger partial charge in [-0.15, -0.1) is 11.8 Å². The van der Waals surface area contributed by atoms with Gasteiger partial charge in [-0.1, -0.05) is 36.4 Å². The smallest absolute Gasteiger partial charge is 0.316 e. The molecule has 0 N–H and O–H groups in total. The number of benzene rings is 1. The van der Waals surface area contributed by atoms with Crippen LogP contribution in [0, 0.1) is 6.92 Å². The predicted molar refractivity (Wildman–Crippen MR) is 98.6 cm³/mol. The van der Waals surface area contributed by atoms with Gasteiger partial charge in [-0.2, -0.15) is 0 Å². The van der Waals surface area contributed by atoms with Crippen molar-refractivity contribution in [1.29, 1.82) is 0 Å². The van der Waals surface area contributed by atoms with Crippen LogP contribution in [0.5, 0.6) is 0 Å². The Morgan fingerprint density at radius 3 is 2.80 bits per heavy atom. The Morgan fingerprint density at radius 2 is 2.00 bits per heavy atom. The Labute approximate surface area is 149 Å². The molecule has 2 aromatic heterocycles. The molecule has 128 valence electrons. The molecule has 25 heavy (non-hydrogen) atoms. The average Bonchev–Trinajstić information content (AvgIpc) is 2.62. The van der Waals surface area contributed by atoms with Gasteiger partial charge >= 0.3 is 5.97 Å². The van der Waals surface area contributed by atoms with E-state index >= 15 is 0 Å². The summed E-state index contributed by atoms with van der Waals surface area (Å²) >= 11 is 1.50. The number of carbonyl (C=O) groups is 1. The van der Waals surface area contributed by atoms with E-state index < -0.39 is 0 Å². The number of nitrogens with zero attached hydrogens (tertiary/aromatic N) is 2. The molecule has 1 aromatic carbocycles. The number of thioether (sulfide) groups is 1. The zero-order chi connectivity index (χ0) is 17.6. The number of rotatable bonds is 6. The van der Waals surface area contributed by atoms with Gasteiger partial charge in [0.1, 0.15) is 12.3 Å². The molecule has 5 nitrogen and oxygen atoms in total. The standard InChI is InChI=1S/C19H18N2O3S/c1-14-6-5-9-21-17(22)10-16(20-19(14)21)11-24-18(23)13-25-12-15-7-3-2-4-8-15/h2-10H,11-13H2,1H3. The molecule has 0 saturated carbocycles. The van der Waals surface area contributed by atoms with Crippen LogP contribution in [-0.2, 0) is 21.9 Å². The summed E-state index contributed by atoms with van der Waals surface area (Å²) in [5.41, 5.74) is 2.92. The minimum Gasteiger partial charge on any atom is -0.459 e. The zero-order valence-corrected chi connectivity index (χ0v) is 14.7. The lowest BCUT2D eigenvalue weighted by molar-refractivity contribution is -0.141. The maximum atomic E-state index is 12.1. The van der Waals surface area contributed by atoms with Gasteiger partial charge in [0.15, 0.2) is 0 Å². The molecule has 0 saturated heterocycles. The van der Waals surface area contributed by atoms with Crippen LogP contribution < -0.4 is 5.56 Å². The number of hydrogen-bond donors (Lipinski definition) is 0. The third-order valence-electron chi connectivity index (χ3n) is 3.65. The Morgan fingerprint density at radius 1 is 1.20 bits per heavy atom. The normalized spacial score (nSPS) is 10.8. The van der Waals surface area contributed by atoms with E-state index in [1.165, 1.54) is 27.8 Å². The summed E-state index contributed by atoms with van der Waals surface area (Å²) in [5, 5.41) is 0. The lowest BCUT2D eigenvalue weighted by atomic mass is 10.2. The van der Waals surface area contributed by atoms with Crippen LogP contribution in [0.2, 0.25) is 0 Å². The van der Waals surface area contributed by atoms with Crippen LogP contribution in [0.1, 0.15) is 16.8 Å². The molecule has 0 spiro atoms. The molecule has 0 aliphatic rings. The van der Waals surface area contributed by atoms with Crippen LogP contribution in [0.4, 0.5) is 0 Å². The highest BCUT2D eigenvalue weighted by atomic mass is 32.2. The molecule has 3 rings (SSSR count). The number of fused-ring (bicyclic) bond motifs is 1. The van der Waals surface area contributed by atoms with E-state index in [1.54, 1.807) is 12.3 Å². The second-order valence-corrected chi connectivity index (χ2v) is 6.60. The van der Waals surface area contributed by atoms with Gasteiger partial charge in [0.2, 0.25) is 0 Å². The van der Waals surface area contributed by atoms with Crippen LogP contribution in [-0.4, -0.2) is 21.1 Å². The van der Waals surface area contributed by atoms with Gasteiger partial charge in [-0.25, -0.2) is 4.98 Å². The second-order valence-electron chi connectivity index (χ2n) is 5.61. The molecular weight excluding hydrogens is 336 g/mol. The molecule has 2 heterocycles. The summed E-state index contributed by atoms with van der Waals surface area (Å²) in [5.74, 6) is 0.707. The van der Waals surface area contributed by atoms with Crippen molar-refractivity contribution in [3.63, 3.8) is 0 Å². The van der Waals surface area contributed by atoms with Crippen molar-refractivity contribution in [3.8, 4) is 0 Å². The largest absolute Gasteiger partial charge is 0.459 e. The number of ether oxygens (including phenoxy) is 1. The van der Waals surface area contributed by atoms with Crippen molar-refractivity contribution in [2.24, 2.45) is 0 Å². The summed E-state index contributed by atoms with van der Waals surface area (Å²) in [4.78, 5) is 28.4. The van der Waals surface area contributed by atoms with Crippen molar-refractivity contribution in [2.45, 2.75) is 19.3 Å². The highest BCUT2D eigenvalue weighted by Gasteiger charge is 2.08. The van der Waals surface area contributed by atoms with Crippen molar-refractivity contribution in [2.75, 3.05) is 5.75 Å². The molecule has 0 radical (unpaired) electrons. The molecule has 0 amide bonds. The molecule has 0 fully saturated rings. The van der Waals surface area contributed by atoms with E-state index in [1.807, 2.05) is 43.3 Å². The first-order valence-corrected chi connectivity index (χ1v) is 9.04. The van der Waals surface area contributed by atoms with Gasteiger partial charge in [0.05, 0.1) is 11.4 Å². The third kappa shape index (κ3) is 4.48. The van der Waals surface area contributed by atoms with Crippen molar-refractivity contribution in [1.82, 2.24) is 9.38 Å². The number of aryl methyl sites for hydroxylation is 1. The SMILES string of the molecule is Cc1cccn2c(=O)cc(COC(=O)CSCc3ccccc3)nc12. The van der Waals surface area contributed by atoms with Gasteiger partial charge in [0, 0.05) is 18.0 Å². The first kappa shape index (κ1) is 17.2. The Balaban J connectivity index is 1.56. The Kier molecular flexibility index (Phi) is 5.50. The summed E-state index contributed by atoms with van der Waals surface area (Å²) in [6.07, 6.45) is 1.67. The molecule has 0 atom stereocenters. The molecule has 6 heteroatoms. The predicted octanol–water partition coefficient (Wildman–Crippen LogP) is 2.98. The first-order chi connectivity index (χ1) is 12.1. The van der Waals surface area contributed by atoms with Crippen LogP contribution >= 0.6 is 11.8 Å². The lowest BCUT2D eigenvalue weighted by Crippen LogP contribution is -2.17. The molecule has 3 aromatic rings. The second kappa shape index (κ2) is 7.98. The summed E-state index contributed by atoms with van der Waals surface area (Å²) in [6, 6.07) is 15.0. The number of carbonyl (C=O) groups excluding carboxylic acids is 1. The van der Waals surface area contributed by atoms with E-state index in [0.717, 1.165) is 11.3 Å². The number of esters is 1. The van der Waals surface area contributed by atoms with Crippen molar-refractivity contribution < 1.29 is 9.53 Å². The number of pyridine rings is 1. The highest BCUT2D eigenvalue weighted by molar-refractivity contribution is 7.99. The topological polar surface area (TPSA) is 60.7 Å². The average molecular weight is 354 g/mol. The highest BCUT2D eigenvalue weighted by Crippen LogP contribution is 2.12. The van der Waals surface area contributed by atoms with E-state index in [9.17, 15) is 9.59 Å². The van der Waals surface area contributed by atoms with E-state index in [2.05, 4.69) is 4.98 Å². The fourth-order valence-electron chi connectivity index (χ4n) is 2.41. The van der Waals surface area contributed by atoms with E-state index in [-0.39, 0.29) is 23.9 Å². The van der Waals surface area contributed by atoms with Gasteiger partial charge in [-0.05, 0) is 24.1 Å². The van der Waals surface area contributed by atoms with Gasteiger partial charge in [-0.3, -0.25) is 14.0 Å². The van der Waals surface area contributed by atoms with Gasteiger partial charge in [0.25, 0.3) is 5.56 Å².